The highest BCUT2D eigenvalue weighted by atomic mass is 79.9. The molecule has 0 spiro atoms. The van der Waals surface area contributed by atoms with E-state index in [0.717, 1.165) is 13.0 Å². The Hall–Kier alpha value is -1.32. The first-order valence-electron chi connectivity index (χ1n) is 8.36. The second-order valence-corrected chi connectivity index (χ2v) is 6.32. The van der Waals surface area contributed by atoms with Gasteiger partial charge in [0.2, 0.25) is 0 Å². The molecule has 0 aromatic heterocycles. The number of aromatic hydroxyl groups is 1. The number of piperidine rings is 1. The number of hydrogen-bond donors (Lipinski definition) is 1. The molecule has 1 aliphatic heterocycles. The number of phenolic OH excluding ortho intramolecular Hbond substituents is 1. The SMILES string of the molecule is Br.Oc1cccc(C2CCCN(CCCc3ccccc3)C2)c1. The Balaban J connectivity index is 0.00000192. The molecule has 0 aliphatic carbocycles. The third-order valence-corrected chi connectivity index (χ3v) is 4.63. The van der Waals surface area contributed by atoms with E-state index in [1.807, 2.05) is 12.1 Å². The highest BCUT2D eigenvalue weighted by Gasteiger charge is 2.21. The van der Waals surface area contributed by atoms with E-state index < -0.39 is 0 Å². The molecular weight excluding hydrogens is 350 g/mol. The van der Waals surface area contributed by atoms with Crippen molar-refractivity contribution in [1.82, 2.24) is 4.90 Å². The highest BCUT2D eigenvalue weighted by molar-refractivity contribution is 8.93. The van der Waals surface area contributed by atoms with E-state index in [9.17, 15) is 5.11 Å². The summed E-state index contributed by atoms with van der Waals surface area (Å²) in [6, 6.07) is 18.5. The lowest BCUT2D eigenvalue weighted by Crippen LogP contribution is -2.35. The third kappa shape index (κ3) is 5.36. The zero-order chi connectivity index (χ0) is 15.2. The van der Waals surface area contributed by atoms with Crippen LogP contribution in [0.1, 0.15) is 36.3 Å². The van der Waals surface area contributed by atoms with Crippen LogP contribution in [-0.2, 0) is 6.42 Å². The summed E-state index contributed by atoms with van der Waals surface area (Å²) in [5.74, 6) is 0.955. The largest absolute Gasteiger partial charge is 0.508 e. The lowest BCUT2D eigenvalue weighted by Gasteiger charge is -2.33. The van der Waals surface area contributed by atoms with Crippen molar-refractivity contribution in [3.8, 4) is 5.75 Å². The van der Waals surface area contributed by atoms with Crippen LogP contribution < -0.4 is 0 Å². The summed E-state index contributed by atoms with van der Waals surface area (Å²) in [5, 5.41) is 9.66. The number of hydrogen-bond acceptors (Lipinski definition) is 2. The molecule has 0 amide bonds. The Kier molecular flexibility index (Phi) is 7.13. The number of rotatable bonds is 5. The molecule has 2 aromatic rings. The fourth-order valence-electron chi connectivity index (χ4n) is 3.46. The molecule has 1 atom stereocenters. The van der Waals surface area contributed by atoms with Crippen molar-refractivity contribution in [1.29, 1.82) is 0 Å². The van der Waals surface area contributed by atoms with Gasteiger partial charge >= 0.3 is 0 Å². The van der Waals surface area contributed by atoms with Crippen LogP contribution in [0.3, 0.4) is 0 Å². The summed E-state index contributed by atoms with van der Waals surface area (Å²) in [6.07, 6.45) is 4.87. The molecule has 3 heteroatoms. The Bertz CT molecular complexity index is 587. The quantitative estimate of drug-likeness (QED) is 0.812. The van der Waals surface area contributed by atoms with Gasteiger partial charge in [-0.2, -0.15) is 0 Å². The summed E-state index contributed by atoms with van der Waals surface area (Å²) in [4.78, 5) is 2.58. The fraction of sp³-hybridized carbons (Fsp3) is 0.400. The van der Waals surface area contributed by atoms with E-state index in [-0.39, 0.29) is 17.0 Å². The summed E-state index contributed by atoms with van der Waals surface area (Å²) >= 11 is 0. The normalized spacial score (nSPS) is 18.3. The molecule has 2 nitrogen and oxygen atoms in total. The van der Waals surface area contributed by atoms with Gasteiger partial charge in [-0.15, -0.1) is 17.0 Å². The van der Waals surface area contributed by atoms with E-state index in [2.05, 4.69) is 41.3 Å². The van der Waals surface area contributed by atoms with Crippen molar-refractivity contribution in [3.63, 3.8) is 0 Å². The number of likely N-dealkylation sites (tertiary alicyclic amines) is 1. The average Bonchev–Trinajstić information content (AvgIpc) is 2.56. The van der Waals surface area contributed by atoms with E-state index >= 15 is 0 Å². The molecule has 1 saturated heterocycles. The van der Waals surface area contributed by atoms with Gasteiger partial charge in [0.1, 0.15) is 5.75 Å². The number of nitrogens with zero attached hydrogens (tertiary/aromatic N) is 1. The number of aryl methyl sites for hydroxylation is 1. The van der Waals surface area contributed by atoms with Crippen molar-refractivity contribution < 1.29 is 5.11 Å². The zero-order valence-electron chi connectivity index (χ0n) is 13.5. The molecule has 0 saturated carbocycles. The van der Waals surface area contributed by atoms with E-state index in [4.69, 9.17) is 0 Å². The molecule has 1 N–H and O–H groups in total. The minimum atomic E-state index is 0. The zero-order valence-corrected chi connectivity index (χ0v) is 15.2. The summed E-state index contributed by atoms with van der Waals surface area (Å²) in [7, 11) is 0. The fourth-order valence-corrected chi connectivity index (χ4v) is 3.46. The maximum absolute atomic E-state index is 9.66. The van der Waals surface area contributed by atoms with Crippen LogP contribution in [0.4, 0.5) is 0 Å². The van der Waals surface area contributed by atoms with E-state index in [1.54, 1.807) is 6.07 Å². The Labute approximate surface area is 149 Å². The summed E-state index contributed by atoms with van der Waals surface area (Å²) < 4.78 is 0. The summed E-state index contributed by atoms with van der Waals surface area (Å²) in [5.41, 5.74) is 2.72. The van der Waals surface area contributed by atoms with Crippen LogP contribution in [0.25, 0.3) is 0 Å². The molecule has 2 aromatic carbocycles. The van der Waals surface area contributed by atoms with Crippen molar-refractivity contribution in [3.05, 3.63) is 65.7 Å². The van der Waals surface area contributed by atoms with Crippen molar-refractivity contribution >= 4 is 17.0 Å². The predicted octanol–water partition coefficient (Wildman–Crippen LogP) is 4.78. The minimum Gasteiger partial charge on any atom is -0.508 e. The van der Waals surface area contributed by atoms with Crippen LogP contribution in [0.2, 0.25) is 0 Å². The molecule has 3 rings (SSSR count). The smallest absolute Gasteiger partial charge is 0.115 e. The Morgan fingerprint density at radius 2 is 1.87 bits per heavy atom. The third-order valence-electron chi connectivity index (χ3n) is 4.63. The summed E-state index contributed by atoms with van der Waals surface area (Å²) in [6.45, 7) is 3.51. The molecule has 124 valence electrons. The molecule has 0 radical (unpaired) electrons. The lowest BCUT2D eigenvalue weighted by molar-refractivity contribution is 0.206. The van der Waals surface area contributed by atoms with Gasteiger partial charge in [0.15, 0.2) is 0 Å². The van der Waals surface area contributed by atoms with Crippen LogP contribution in [-0.4, -0.2) is 29.6 Å². The highest BCUT2D eigenvalue weighted by Crippen LogP contribution is 2.28. The molecule has 1 heterocycles. The molecule has 1 aliphatic rings. The topological polar surface area (TPSA) is 23.5 Å². The first kappa shape index (κ1) is 18.0. The predicted molar refractivity (Wildman–Crippen MR) is 102 cm³/mol. The van der Waals surface area contributed by atoms with Crippen molar-refractivity contribution in [2.24, 2.45) is 0 Å². The minimum absolute atomic E-state index is 0. The molecule has 23 heavy (non-hydrogen) atoms. The van der Waals surface area contributed by atoms with E-state index in [0.29, 0.717) is 11.7 Å². The van der Waals surface area contributed by atoms with Gasteiger partial charge < -0.3 is 10.0 Å². The second kappa shape index (κ2) is 9.09. The molecule has 0 bridgehead atoms. The Morgan fingerprint density at radius 1 is 1.04 bits per heavy atom. The average molecular weight is 376 g/mol. The van der Waals surface area contributed by atoms with Crippen LogP contribution >= 0.6 is 17.0 Å². The van der Waals surface area contributed by atoms with Gasteiger partial charge in [0.05, 0.1) is 0 Å². The van der Waals surface area contributed by atoms with Gasteiger partial charge in [-0.05, 0) is 68.0 Å². The lowest BCUT2D eigenvalue weighted by atomic mass is 9.90. The molecule has 1 fully saturated rings. The molecular formula is C20H26BrNO. The van der Waals surface area contributed by atoms with Crippen molar-refractivity contribution in [2.45, 2.75) is 31.6 Å². The monoisotopic (exact) mass is 375 g/mol. The standard InChI is InChI=1S/C20H25NO.BrH/c22-20-12-4-10-18(15-20)19-11-6-14-21(16-19)13-5-9-17-7-2-1-3-8-17;/h1-4,7-8,10,12,15,19,22H,5-6,9,11,13-14,16H2;1H. The number of phenols is 1. The first-order chi connectivity index (χ1) is 10.8. The number of halogens is 1. The van der Waals surface area contributed by atoms with Gasteiger partial charge in [-0.25, -0.2) is 0 Å². The van der Waals surface area contributed by atoms with Gasteiger partial charge in [0.25, 0.3) is 0 Å². The maximum Gasteiger partial charge on any atom is 0.115 e. The van der Waals surface area contributed by atoms with Crippen molar-refractivity contribution in [2.75, 3.05) is 19.6 Å². The second-order valence-electron chi connectivity index (χ2n) is 6.32. The van der Waals surface area contributed by atoms with Crippen LogP contribution in [0.15, 0.2) is 54.6 Å². The molecule has 1 unspecified atom stereocenters. The van der Waals surface area contributed by atoms with E-state index in [1.165, 1.54) is 43.5 Å². The number of benzene rings is 2. The van der Waals surface area contributed by atoms with Gasteiger partial charge in [-0.1, -0.05) is 42.5 Å². The van der Waals surface area contributed by atoms with Crippen LogP contribution in [0.5, 0.6) is 5.75 Å². The maximum atomic E-state index is 9.66. The van der Waals surface area contributed by atoms with Gasteiger partial charge in [-0.3, -0.25) is 0 Å². The first-order valence-corrected chi connectivity index (χ1v) is 8.36. The Morgan fingerprint density at radius 3 is 2.65 bits per heavy atom. The van der Waals surface area contributed by atoms with Gasteiger partial charge in [0, 0.05) is 6.54 Å². The van der Waals surface area contributed by atoms with Crippen LogP contribution in [0, 0.1) is 0 Å².